The van der Waals surface area contributed by atoms with Gasteiger partial charge in [0.25, 0.3) is 11.8 Å². The normalized spacial score (nSPS) is 11.8. The van der Waals surface area contributed by atoms with E-state index in [-0.39, 0.29) is 5.91 Å². The van der Waals surface area contributed by atoms with Gasteiger partial charge in [-0.25, -0.2) is 0 Å². The third-order valence-electron chi connectivity index (χ3n) is 4.55. The quantitative estimate of drug-likeness (QED) is 0.486. The molecule has 4 aromatic rings. The van der Waals surface area contributed by atoms with Crippen LogP contribution in [0, 0.1) is 13.8 Å². The Labute approximate surface area is 173 Å². The number of nitrogens with one attached hydrogen (secondary N) is 1. The van der Waals surface area contributed by atoms with Gasteiger partial charge >= 0.3 is 0 Å². The third kappa shape index (κ3) is 4.25. The predicted molar refractivity (Wildman–Crippen MR) is 112 cm³/mol. The maximum Gasteiger partial charge on any atom is 0.283 e. The fraction of sp³-hybridized carbons (Fsp3) is 0.174. The van der Waals surface area contributed by atoms with Gasteiger partial charge < -0.3 is 18.9 Å². The second kappa shape index (κ2) is 8.24. The Balaban J connectivity index is 1.46. The van der Waals surface area contributed by atoms with Crippen molar-refractivity contribution < 1.29 is 18.4 Å². The molecule has 0 aliphatic heterocycles. The number of nitrogens with zero attached hydrogens (tertiary/aromatic N) is 2. The van der Waals surface area contributed by atoms with Crippen molar-refractivity contribution in [1.82, 2.24) is 10.2 Å². The number of amides is 1. The number of furan rings is 1. The molecule has 0 aliphatic carbocycles. The number of benzene rings is 2. The van der Waals surface area contributed by atoms with E-state index < -0.39 is 6.10 Å². The van der Waals surface area contributed by atoms with E-state index in [1.54, 1.807) is 37.3 Å². The van der Waals surface area contributed by atoms with Gasteiger partial charge in [0.05, 0.1) is 6.26 Å². The first kappa shape index (κ1) is 19.4. The smallest absolute Gasteiger partial charge is 0.283 e. The van der Waals surface area contributed by atoms with E-state index in [0.717, 1.165) is 11.1 Å². The van der Waals surface area contributed by atoms with E-state index in [1.165, 1.54) is 6.26 Å². The molecule has 0 fully saturated rings. The minimum absolute atomic E-state index is 0.255. The molecule has 0 bridgehead atoms. The summed E-state index contributed by atoms with van der Waals surface area (Å²) in [6.45, 7) is 5.65. The Bertz CT molecular complexity index is 1160. The molecule has 0 aliphatic rings. The molecule has 0 saturated carbocycles. The van der Waals surface area contributed by atoms with Gasteiger partial charge in [0.2, 0.25) is 5.89 Å². The molecule has 0 spiro atoms. The summed E-state index contributed by atoms with van der Waals surface area (Å²) in [7, 11) is 0. The number of carbonyl (C=O) groups is 1. The zero-order chi connectivity index (χ0) is 21.1. The Morgan fingerprint density at radius 2 is 1.87 bits per heavy atom. The summed E-state index contributed by atoms with van der Waals surface area (Å²) < 4.78 is 16.8. The van der Waals surface area contributed by atoms with Crippen molar-refractivity contribution in [2.75, 3.05) is 5.32 Å². The largest absolute Gasteiger partial charge is 0.481 e. The van der Waals surface area contributed by atoms with Gasteiger partial charge in [-0.2, -0.15) is 0 Å². The van der Waals surface area contributed by atoms with E-state index >= 15 is 0 Å². The van der Waals surface area contributed by atoms with Gasteiger partial charge in [-0.15, -0.1) is 10.2 Å². The minimum atomic E-state index is -0.664. The summed E-state index contributed by atoms with van der Waals surface area (Å²) in [5.74, 6) is 1.56. The zero-order valence-electron chi connectivity index (χ0n) is 16.9. The van der Waals surface area contributed by atoms with Crippen molar-refractivity contribution in [2.45, 2.75) is 26.9 Å². The molecule has 1 N–H and O–H groups in total. The average molecular weight is 403 g/mol. The monoisotopic (exact) mass is 403 g/mol. The third-order valence-corrected chi connectivity index (χ3v) is 4.55. The Kier molecular flexibility index (Phi) is 5.34. The van der Waals surface area contributed by atoms with E-state index in [4.69, 9.17) is 13.6 Å². The lowest BCUT2D eigenvalue weighted by atomic mass is 10.1. The first-order chi connectivity index (χ1) is 14.5. The molecule has 30 heavy (non-hydrogen) atoms. The van der Waals surface area contributed by atoms with Crippen LogP contribution in [0.25, 0.3) is 23.1 Å². The molecular weight excluding hydrogens is 382 g/mol. The lowest BCUT2D eigenvalue weighted by molar-refractivity contribution is -0.122. The fourth-order valence-corrected chi connectivity index (χ4v) is 2.89. The van der Waals surface area contributed by atoms with Crippen LogP contribution in [0.5, 0.6) is 5.75 Å². The van der Waals surface area contributed by atoms with Crippen LogP contribution in [0.15, 0.2) is 69.7 Å². The van der Waals surface area contributed by atoms with Gasteiger partial charge in [-0.3, -0.25) is 4.79 Å². The second-order valence-corrected chi connectivity index (χ2v) is 6.99. The molecule has 0 radical (unpaired) electrons. The van der Waals surface area contributed by atoms with Crippen molar-refractivity contribution in [3.8, 4) is 28.9 Å². The average Bonchev–Trinajstić information content (AvgIpc) is 3.42. The van der Waals surface area contributed by atoms with Gasteiger partial charge in [-0.1, -0.05) is 18.2 Å². The van der Waals surface area contributed by atoms with E-state index in [1.807, 2.05) is 38.1 Å². The number of rotatable bonds is 6. The summed E-state index contributed by atoms with van der Waals surface area (Å²) in [6.07, 6.45) is 0.875. The standard InChI is InChI=1S/C23H21N3O4/c1-14-9-10-15(2)20(12-14)29-16(3)21(27)24-18-7-4-6-17(13-18)22-25-26-23(30-22)19-8-5-11-28-19/h4-13,16H,1-3H3,(H,24,27). The Morgan fingerprint density at radius 3 is 2.67 bits per heavy atom. The number of anilines is 1. The molecule has 7 heteroatoms. The first-order valence-electron chi connectivity index (χ1n) is 9.52. The van der Waals surface area contributed by atoms with Crippen LogP contribution < -0.4 is 10.1 Å². The van der Waals surface area contributed by atoms with Gasteiger partial charge in [-0.05, 0) is 68.3 Å². The molecule has 2 aromatic carbocycles. The highest BCUT2D eigenvalue weighted by Crippen LogP contribution is 2.26. The molecule has 2 heterocycles. The summed E-state index contributed by atoms with van der Waals surface area (Å²) in [6, 6.07) is 16.6. The first-order valence-corrected chi connectivity index (χ1v) is 9.52. The fourth-order valence-electron chi connectivity index (χ4n) is 2.89. The van der Waals surface area contributed by atoms with Gasteiger partial charge in [0.1, 0.15) is 5.75 Å². The number of aryl methyl sites for hydroxylation is 2. The minimum Gasteiger partial charge on any atom is -0.481 e. The van der Waals surface area contributed by atoms with Crippen LogP contribution in [0.2, 0.25) is 0 Å². The molecule has 1 unspecified atom stereocenters. The number of hydrogen-bond acceptors (Lipinski definition) is 6. The summed E-state index contributed by atoms with van der Waals surface area (Å²) >= 11 is 0. The van der Waals surface area contributed by atoms with Crippen LogP contribution in [-0.2, 0) is 4.79 Å². The predicted octanol–water partition coefficient (Wildman–Crippen LogP) is 5.02. The van der Waals surface area contributed by atoms with Crippen molar-refractivity contribution in [3.63, 3.8) is 0 Å². The molecule has 0 saturated heterocycles. The molecular formula is C23H21N3O4. The van der Waals surface area contributed by atoms with Crippen LogP contribution >= 0.6 is 0 Å². The van der Waals surface area contributed by atoms with Crippen molar-refractivity contribution in [1.29, 1.82) is 0 Å². The lowest BCUT2D eigenvalue weighted by Gasteiger charge is -2.17. The Hall–Kier alpha value is -3.87. The topological polar surface area (TPSA) is 90.4 Å². The van der Waals surface area contributed by atoms with Gasteiger partial charge in [0.15, 0.2) is 11.9 Å². The summed E-state index contributed by atoms with van der Waals surface area (Å²) in [4.78, 5) is 12.6. The molecule has 1 atom stereocenters. The highest BCUT2D eigenvalue weighted by Gasteiger charge is 2.17. The number of ether oxygens (including phenoxy) is 1. The van der Waals surface area contributed by atoms with Crippen LogP contribution in [0.4, 0.5) is 5.69 Å². The number of aromatic nitrogens is 2. The molecule has 152 valence electrons. The molecule has 4 rings (SSSR count). The second-order valence-electron chi connectivity index (χ2n) is 6.99. The van der Waals surface area contributed by atoms with E-state index in [2.05, 4.69) is 15.5 Å². The summed E-state index contributed by atoms with van der Waals surface area (Å²) in [5.41, 5.74) is 3.34. The molecule has 7 nitrogen and oxygen atoms in total. The van der Waals surface area contributed by atoms with E-state index in [9.17, 15) is 4.79 Å². The Morgan fingerprint density at radius 1 is 1.03 bits per heavy atom. The number of hydrogen-bond donors (Lipinski definition) is 1. The van der Waals surface area contributed by atoms with Crippen LogP contribution in [-0.4, -0.2) is 22.2 Å². The highest BCUT2D eigenvalue weighted by atomic mass is 16.5. The SMILES string of the molecule is Cc1ccc(C)c(OC(C)C(=O)Nc2cccc(-c3nnc(-c4ccco4)o3)c2)c1. The van der Waals surface area contributed by atoms with Crippen molar-refractivity contribution >= 4 is 11.6 Å². The van der Waals surface area contributed by atoms with Crippen molar-refractivity contribution in [2.24, 2.45) is 0 Å². The highest BCUT2D eigenvalue weighted by molar-refractivity contribution is 5.94. The van der Waals surface area contributed by atoms with E-state index in [0.29, 0.717) is 34.5 Å². The number of carbonyl (C=O) groups excluding carboxylic acids is 1. The molecule has 2 aromatic heterocycles. The maximum absolute atomic E-state index is 12.6. The lowest BCUT2D eigenvalue weighted by Crippen LogP contribution is -2.30. The van der Waals surface area contributed by atoms with Gasteiger partial charge in [0, 0.05) is 11.3 Å². The maximum atomic E-state index is 12.6. The molecule has 1 amide bonds. The summed E-state index contributed by atoms with van der Waals surface area (Å²) in [5, 5.41) is 10.9. The van der Waals surface area contributed by atoms with Crippen LogP contribution in [0.3, 0.4) is 0 Å². The zero-order valence-corrected chi connectivity index (χ0v) is 16.9. The van der Waals surface area contributed by atoms with Crippen LogP contribution in [0.1, 0.15) is 18.1 Å². The van der Waals surface area contributed by atoms with Crippen molar-refractivity contribution in [3.05, 3.63) is 72.0 Å².